The lowest BCUT2D eigenvalue weighted by atomic mass is 10.2. The number of carbonyl (C=O) groups is 2. The third-order valence-corrected chi connectivity index (χ3v) is 4.30. The highest BCUT2D eigenvalue weighted by molar-refractivity contribution is 5.94. The molecular weight excluding hydrogens is 378 g/mol. The molecule has 3 rings (SSSR count). The molecule has 1 aromatic heterocycles. The van der Waals surface area contributed by atoms with Gasteiger partial charge in [0.15, 0.2) is 0 Å². The number of rotatable bonds is 8. The Morgan fingerprint density at radius 1 is 0.966 bits per heavy atom. The minimum atomic E-state index is -0.947. The minimum absolute atomic E-state index is 0.0257. The number of hydrogen-bond donors (Lipinski definition) is 1. The number of amides is 2. The Balaban J connectivity index is 1.59. The molecule has 1 N–H and O–H groups in total. The van der Waals surface area contributed by atoms with Gasteiger partial charge in [-0.3, -0.25) is 9.59 Å². The standard InChI is InChI=1S/C22H20F2N2O3/c23-17-8-9-19(20(24)13-17)22(28)25-11-10-21(27)26(15-18-7-4-12-29-18)14-16-5-2-1-3-6-16/h1-9,12-13H,10-11,14-15H2,(H,25,28). The Bertz CT molecular complexity index is 959. The summed E-state index contributed by atoms with van der Waals surface area (Å²) < 4.78 is 32.0. The second kappa shape index (κ2) is 9.64. The second-order valence-electron chi connectivity index (χ2n) is 6.44. The number of benzene rings is 2. The predicted octanol–water partition coefficient (Wildman–Crippen LogP) is 3.91. The van der Waals surface area contributed by atoms with Crippen LogP contribution in [-0.2, 0) is 17.9 Å². The number of nitrogens with zero attached hydrogens (tertiary/aromatic N) is 1. The van der Waals surface area contributed by atoms with Gasteiger partial charge >= 0.3 is 0 Å². The van der Waals surface area contributed by atoms with Crippen molar-refractivity contribution in [2.75, 3.05) is 6.54 Å². The van der Waals surface area contributed by atoms with E-state index in [1.807, 2.05) is 30.3 Å². The summed E-state index contributed by atoms with van der Waals surface area (Å²) in [5.41, 5.74) is 0.695. The van der Waals surface area contributed by atoms with E-state index in [0.717, 1.165) is 17.7 Å². The quantitative estimate of drug-likeness (QED) is 0.626. The van der Waals surface area contributed by atoms with Crippen LogP contribution in [0.4, 0.5) is 8.78 Å². The van der Waals surface area contributed by atoms with Crippen LogP contribution < -0.4 is 5.32 Å². The van der Waals surface area contributed by atoms with Crippen molar-refractivity contribution in [3.63, 3.8) is 0 Å². The summed E-state index contributed by atoms with van der Waals surface area (Å²) in [5.74, 6) is -1.95. The predicted molar refractivity (Wildman–Crippen MR) is 103 cm³/mol. The molecule has 0 fully saturated rings. The van der Waals surface area contributed by atoms with E-state index in [4.69, 9.17) is 4.42 Å². The topological polar surface area (TPSA) is 62.6 Å². The van der Waals surface area contributed by atoms with Crippen molar-refractivity contribution < 1.29 is 22.8 Å². The minimum Gasteiger partial charge on any atom is -0.467 e. The van der Waals surface area contributed by atoms with Crippen LogP contribution in [0.1, 0.15) is 28.1 Å². The van der Waals surface area contributed by atoms with Gasteiger partial charge in [-0.15, -0.1) is 0 Å². The zero-order valence-electron chi connectivity index (χ0n) is 15.6. The lowest BCUT2D eigenvalue weighted by Crippen LogP contribution is -2.34. The van der Waals surface area contributed by atoms with Crippen LogP contribution in [0.3, 0.4) is 0 Å². The van der Waals surface area contributed by atoms with E-state index in [0.29, 0.717) is 24.9 Å². The molecule has 7 heteroatoms. The summed E-state index contributed by atoms with van der Waals surface area (Å²) in [7, 11) is 0. The number of nitrogens with one attached hydrogen (secondary N) is 1. The lowest BCUT2D eigenvalue weighted by molar-refractivity contribution is -0.132. The van der Waals surface area contributed by atoms with Gasteiger partial charge < -0.3 is 14.6 Å². The average Bonchev–Trinajstić information content (AvgIpc) is 3.21. The van der Waals surface area contributed by atoms with Crippen LogP contribution in [0, 0.1) is 11.6 Å². The summed E-state index contributed by atoms with van der Waals surface area (Å²) in [6, 6.07) is 15.8. The highest BCUT2D eigenvalue weighted by Crippen LogP contribution is 2.12. The van der Waals surface area contributed by atoms with E-state index in [9.17, 15) is 18.4 Å². The molecule has 0 atom stereocenters. The SMILES string of the molecule is O=C(NCCC(=O)N(Cc1ccccc1)Cc1ccco1)c1ccc(F)cc1F. The van der Waals surface area contributed by atoms with Crippen LogP contribution in [0.5, 0.6) is 0 Å². The monoisotopic (exact) mass is 398 g/mol. The van der Waals surface area contributed by atoms with E-state index in [1.165, 1.54) is 6.26 Å². The molecule has 29 heavy (non-hydrogen) atoms. The number of hydrogen-bond acceptors (Lipinski definition) is 3. The van der Waals surface area contributed by atoms with Gasteiger partial charge in [-0.2, -0.15) is 0 Å². The molecule has 5 nitrogen and oxygen atoms in total. The third-order valence-electron chi connectivity index (χ3n) is 4.30. The van der Waals surface area contributed by atoms with Crippen LogP contribution in [0.25, 0.3) is 0 Å². The molecule has 150 valence electrons. The first-order chi connectivity index (χ1) is 14.0. The van der Waals surface area contributed by atoms with Gasteiger partial charge in [-0.1, -0.05) is 30.3 Å². The van der Waals surface area contributed by atoms with E-state index in [-0.39, 0.29) is 24.4 Å². The fourth-order valence-corrected chi connectivity index (χ4v) is 2.84. The van der Waals surface area contributed by atoms with Crippen molar-refractivity contribution in [1.29, 1.82) is 0 Å². The third kappa shape index (κ3) is 5.75. The molecule has 0 saturated carbocycles. The van der Waals surface area contributed by atoms with Crippen LogP contribution in [0.15, 0.2) is 71.3 Å². The first-order valence-corrected chi connectivity index (χ1v) is 9.10. The maximum atomic E-state index is 13.7. The van der Waals surface area contributed by atoms with E-state index in [2.05, 4.69) is 5.32 Å². The summed E-state index contributed by atoms with van der Waals surface area (Å²) in [5, 5.41) is 2.50. The Hall–Kier alpha value is -3.48. The number of furan rings is 1. The van der Waals surface area contributed by atoms with Crippen molar-refractivity contribution in [1.82, 2.24) is 10.2 Å². The van der Waals surface area contributed by atoms with Gasteiger partial charge in [0.1, 0.15) is 17.4 Å². The zero-order chi connectivity index (χ0) is 20.6. The molecule has 2 aromatic carbocycles. The molecule has 0 bridgehead atoms. The Morgan fingerprint density at radius 2 is 1.76 bits per heavy atom. The van der Waals surface area contributed by atoms with Gasteiger partial charge in [-0.05, 0) is 29.8 Å². The highest BCUT2D eigenvalue weighted by atomic mass is 19.1. The first kappa shape index (κ1) is 20.3. The number of carbonyl (C=O) groups excluding carboxylic acids is 2. The van der Waals surface area contributed by atoms with E-state index in [1.54, 1.807) is 17.0 Å². The molecule has 0 saturated heterocycles. The molecule has 0 aliphatic rings. The largest absolute Gasteiger partial charge is 0.467 e. The van der Waals surface area contributed by atoms with Gasteiger partial charge in [0.2, 0.25) is 5.91 Å². The molecule has 0 radical (unpaired) electrons. The maximum Gasteiger partial charge on any atom is 0.254 e. The molecule has 0 aliphatic heterocycles. The second-order valence-corrected chi connectivity index (χ2v) is 6.44. The number of halogens is 2. The molecule has 3 aromatic rings. The summed E-state index contributed by atoms with van der Waals surface area (Å²) >= 11 is 0. The molecule has 2 amide bonds. The molecule has 1 heterocycles. The van der Waals surface area contributed by atoms with Crippen molar-refractivity contribution in [3.8, 4) is 0 Å². The Labute approximate surface area is 166 Å². The van der Waals surface area contributed by atoms with Crippen molar-refractivity contribution >= 4 is 11.8 Å². The summed E-state index contributed by atoms with van der Waals surface area (Å²) in [4.78, 5) is 26.4. The highest BCUT2D eigenvalue weighted by Gasteiger charge is 2.17. The molecular formula is C22H20F2N2O3. The van der Waals surface area contributed by atoms with Gasteiger partial charge in [0, 0.05) is 25.6 Å². The first-order valence-electron chi connectivity index (χ1n) is 9.10. The van der Waals surface area contributed by atoms with Crippen molar-refractivity contribution in [2.45, 2.75) is 19.5 Å². The maximum absolute atomic E-state index is 13.7. The summed E-state index contributed by atoms with van der Waals surface area (Å²) in [6.07, 6.45) is 1.57. The fourth-order valence-electron chi connectivity index (χ4n) is 2.84. The smallest absolute Gasteiger partial charge is 0.254 e. The molecule has 0 unspecified atom stereocenters. The van der Waals surface area contributed by atoms with Gasteiger partial charge in [0.05, 0.1) is 18.4 Å². The van der Waals surface area contributed by atoms with Gasteiger partial charge in [0.25, 0.3) is 5.91 Å². The fraction of sp³-hybridized carbons (Fsp3) is 0.182. The van der Waals surface area contributed by atoms with Crippen molar-refractivity contribution in [2.24, 2.45) is 0 Å². The molecule has 0 aliphatic carbocycles. The van der Waals surface area contributed by atoms with Crippen LogP contribution in [-0.4, -0.2) is 23.3 Å². The van der Waals surface area contributed by atoms with Gasteiger partial charge in [-0.25, -0.2) is 8.78 Å². The van der Waals surface area contributed by atoms with E-state index >= 15 is 0 Å². The molecule has 0 spiro atoms. The van der Waals surface area contributed by atoms with Crippen molar-refractivity contribution in [3.05, 3.63) is 95.4 Å². The Kier molecular flexibility index (Phi) is 6.73. The van der Waals surface area contributed by atoms with Crippen LogP contribution in [0.2, 0.25) is 0 Å². The van der Waals surface area contributed by atoms with E-state index < -0.39 is 17.5 Å². The average molecular weight is 398 g/mol. The normalized spacial score (nSPS) is 10.6. The summed E-state index contributed by atoms with van der Waals surface area (Å²) in [6.45, 7) is 0.708. The Morgan fingerprint density at radius 3 is 2.45 bits per heavy atom. The van der Waals surface area contributed by atoms with Crippen LogP contribution >= 0.6 is 0 Å². The zero-order valence-corrected chi connectivity index (χ0v) is 15.6. The lowest BCUT2D eigenvalue weighted by Gasteiger charge is -2.22.